The number of hydrogen-bond donors (Lipinski definition) is 0. The zero-order valence-electron chi connectivity index (χ0n) is 18.1. The summed E-state index contributed by atoms with van der Waals surface area (Å²) in [4.78, 5) is 2.61. The van der Waals surface area contributed by atoms with Crippen LogP contribution < -0.4 is 0 Å². The summed E-state index contributed by atoms with van der Waals surface area (Å²) in [7, 11) is 0. The van der Waals surface area contributed by atoms with Crippen LogP contribution in [0.4, 0.5) is 0 Å². The zero-order chi connectivity index (χ0) is 19.8. The molecule has 0 saturated heterocycles. The topological polar surface area (TPSA) is 34.7 Å². The third-order valence-corrected chi connectivity index (χ3v) is 5.68. The van der Waals surface area contributed by atoms with E-state index in [-0.39, 0.29) is 5.48 Å². The van der Waals surface area contributed by atoms with Gasteiger partial charge in [-0.1, -0.05) is 93.6 Å². The van der Waals surface area contributed by atoms with E-state index in [2.05, 4.69) is 98.5 Å². The molecule has 0 heterocycles. The summed E-state index contributed by atoms with van der Waals surface area (Å²) < 4.78 is 0. The van der Waals surface area contributed by atoms with E-state index >= 15 is 0 Å². The minimum Gasteiger partial charge on any atom is -0.412 e. The predicted molar refractivity (Wildman–Crippen MR) is 124 cm³/mol. The first-order chi connectivity index (χ1) is 13.7. The summed E-state index contributed by atoms with van der Waals surface area (Å²) in [5, 5.41) is 0. The second-order valence-corrected chi connectivity index (χ2v) is 7.51. The Bertz CT molecular complexity index is 769. The van der Waals surface area contributed by atoms with E-state index in [4.69, 9.17) is 0 Å². The molecule has 154 valence electrons. The van der Waals surface area contributed by atoms with Crippen LogP contribution in [0.15, 0.2) is 72.8 Å². The molecule has 0 radical (unpaired) electrons. The average Bonchev–Trinajstić information content (AvgIpc) is 2.75. The summed E-state index contributed by atoms with van der Waals surface area (Å²) in [5.74, 6) is 0. The lowest BCUT2D eigenvalue weighted by Gasteiger charge is -2.26. The highest BCUT2D eigenvalue weighted by atomic mass is 16.0. The number of nitrogens with zero attached hydrogens (tertiary/aromatic N) is 1. The van der Waals surface area contributed by atoms with E-state index in [1.807, 2.05) is 0 Å². The highest BCUT2D eigenvalue weighted by Crippen LogP contribution is 2.21. The molecule has 2 N–H and O–H groups in total. The summed E-state index contributed by atoms with van der Waals surface area (Å²) in [5.41, 5.74) is 8.73. The lowest BCUT2D eigenvalue weighted by Crippen LogP contribution is -2.24. The standard InChI is InChI=1S/C27H33N.H2O/c1-4-22-13-7-10-16-25(22)19-28(20-26-17-11-8-14-23(26)5-2)21-27-18-12-9-15-24(27)6-3;/h7-18H,4-6,19-21H2,1-3H3;1H2. The Labute approximate surface area is 176 Å². The minimum atomic E-state index is 0. The fourth-order valence-corrected chi connectivity index (χ4v) is 4.06. The van der Waals surface area contributed by atoms with Crippen LogP contribution in [0.5, 0.6) is 0 Å². The number of aryl methyl sites for hydroxylation is 3. The Balaban J connectivity index is 0.00000300. The summed E-state index contributed by atoms with van der Waals surface area (Å²) >= 11 is 0. The predicted octanol–water partition coefficient (Wildman–Crippen LogP) is 5.75. The van der Waals surface area contributed by atoms with Crippen LogP contribution in [-0.2, 0) is 38.9 Å². The van der Waals surface area contributed by atoms with E-state index in [0.29, 0.717) is 0 Å². The molecule has 0 bridgehead atoms. The molecular weight excluding hydrogens is 354 g/mol. The molecule has 3 aromatic carbocycles. The van der Waals surface area contributed by atoms with Crippen molar-refractivity contribution >= 4 is 0 Å². The fourth-order valence-electron chi connectivity index (χ4n) is 4.06. The highest BCUT2D eigenvalue weighted by molar-refractivity contribution is 5.31. The van der Waals surface area contributed by atoms with Gasteiger partial charge in [0.1, 0.15) is 0 Å². The van der Waals surface area contributed by atoms with E-state index < -0.39 is 0 Å². The van der Waals surface area contributed by atoms with Crippen molar-refractivity contribution in [1.82, 2.24) is 4.90 Å². The molecule has 0 aromatic heterocycles. The van der Waals surface area contributed by atoms with Crippen LogP contribution >= 0.6 is 0 Å². The lowest BCUT2D eigenvalue weighted by molar-refractivity contribution is 0.245. The Morgan fingerprint density at radius 1 is 0.448 bits per heavy atom. The van der Waals surface area contributed by atoms with E-state index in [9.17, 15) is 0 Å². The molecule has 0 atom stereocenters. The number of rotatable bonds is 9. The first-order valence-electron chi connectivity index (χ1n) is 10.7. The van der Waals surface area contributed by atoms with Crippen molar-refractivity contribution < 1.29 is 5.48 Å². The number of benzene rings is 3. The van der Waals surface area contributed by atoms with Gasteiger partial charge in [0, 0.05) is 19.6 Å². The Morgan fingerprint density at radius 3 is 0.931 bits per heavy atom. The second kappa shape index (κ2) is 11.5. The van der Waals surface area contributed by atoms with Gasteiger partial charge in [0.25, 0.3) is 0 Å². The van der Waals surface area contributed by atoms with Gasteiger partial charge < -0.3 is 5.48 Å². The van der Waals surface area contributed by atoms with Gasteiger partial charge in [-0.2, -0.15) is 0 Å². The van der Waals surface area contributed by atoms with Gasteiger partial charge >= 0.3 is 0 Å². The molecular formula is C27H35NO. The Hall–Kier alpha value is -2.42. The van der Waals surface area contributed by atoms with Gasteiger partial charge in [0.05, 0.1) is 0 Å². The summed E-state index contributed by atoms with van der Waals surface area (Å²) in [6, 6.07) is 26.7. The maximum atomic E-state index is 2.61. The third-order valence-electron chi connectivity index (χ3n) is 5.68. The third kappa shape index (κ3) is 6.03. The molecule has 0 unspecified atom stereocenters. The molecule has 0 aliphatic heterocycles. The van der Waals surface area contributed by atoms with Crippen molar-refractivity contribution in [2.45, 2.75) is 59.7 Å². The normalized spacial score (nSPS) is 10.8. The van der Waals surface area contributed by atoms with Crippen LogP contribution in [0.1, 0.15) is 54.2 Å². The van der Waals surface area contributed by atoms with Crippen LogP contribution in [0.3, 0.4) is 0 Å². The first kappa shape index (κ1) is 22.9. The quantitative estimate of drug-likeness (QED) is 0.459. The minimum absolute atomic E-state index is 0. The second-order valence-electron chi connectivity index (χ2n) is 7.51. The molecule has 3 aromatic rings. The van der Waals surface area contributed by atoms with Gasteiger partial charge in [0.2, 0.25) is 0 Å². The molecule has 3 rings (SSSR count). The Morgan fingerprint density at radius 2 is 0.690 bits per heavy atom. The molecule has 0 aliphatic carbocycles. The fraction of sp³-hybridized carbons (Fsp3) is 0.333. The maximum Gasteiger partial charge on any atom is 0.0243 e. The average molecular weight is 390 g/mol. The van der Waals surface area contributed by atoms with E-state index in [0.717, 1.165) is 38.9 Å². The number of hydrogen-bond acceptors (Lipinski definition) is 1. The Kier molecular flexibility index (Phi) is 9.11. The van der Waals surface area contributed by atoms with Crippen molar-refractivity contribution in [3.63, 3.8) is 0 Å². The maximum absolute atomic E-state index is 2.61. The highest BCUT2D eigenvalue weighted by Gasteiger charge is 2.13. The molecule has 2 heteroatoms. The summed E-state index contributed by atoms with van der Waals surface area (Å²) in [6.07, 6.45) is 3.25. The smallest absolute Gasteiger partial charge is 0.0243 e. The van der Waals surface area contributed by atoms with Crippen LogP contribution in [-0.4, -0.2) is 10.4 Å². The molecule has 0 spiro atoms. The molecule has 0 amide bonds. The first-order valence-corrected chi connectivity index (χ1v) is 10.7. The van der Waals surface area contributed by atoms with Gasteiger partial charge in [-0.05, 0) is 52.6 Å². The van der Waals surface area contributed by atoms with Crippen molar-refractivity contribution in [2.24, 2.45) is 0 Å². The summed E-state index contributed by atoms with van der Waals surface area (Å²) in [6.45, 7) is 9.71. The molecule has 0 saturated carbocycles. The SMILES string of the molecule is CCc1ccccc1CN(Cc1ccccc1CC)Cc1ccccc1CC.O. The van der Waals surface area contributed by atoms with Gasteiger partial charge in [0.15, 0.2) is 0 Å². The van der Waals surface area contributed by atoms with Crippen LogP contribution in [0.2, 0.25) is 0 Å². The zero-order valence-corrected chi connectivity index (χ0v) is 18.1. The molecule has 0 aliphatic rings. The monoisotopic (exact) mass is 389 g/mol. The largest absolute Gasteiger partial charge is 0.412 e. The van der Waals surface area contributed by atoms with Gasteiger partial charge in [-0.25, -0.2) is 0 Å². The molecule has 29 heavy (non-hydrogen) atoms. The van der Waals surface area contributed by atoms with Crippen molar-refractivity contribution in [3.8, 4) is 0 Å². The van der Waals surface area contributed by atoms with Gasteiger partial charge in [-0.3, -0.25) is 4.90 Å². The molecule has 0 fully saturated rings. The van der Waals surface area contributed by atoms with Crippen LogP contribution in [0.25, 0.3) is 0 Å². The van der Waals surface area contributed by atoms with Crippen molar-refractivity contribution in [2.75, 3.05) is 0 Å². The molecule has 2 nitrogen and oxygen atoms in total. The van der Waals surface area contributed by atoms with Crippen LogP contribution in [0, 0.1) is 0 Å². The van der Waals surface area contributed by atoms with Crippen molar-refractivity contribution in [3.05, 3.63) is 106 Å². The van der Waals surface area contributed by atoms with Gasteiger partial charge in [-0.15, -0.1) is 0 Å². The van der Waals surface area contributed by atoms with Crippen molar-refractivity contribution in [1.29, 1.82) is 0 Å². The van der Waals surface area contributed by atoms with E-state index in [1.165, 1.54) is 33.4 Å². The lowest BCUT2D eigenvalue weighted by atomic mass is 10.0. The van der Waals surface area contributed by atoms with E-state index in [1.54, 1.807) is 0 Å².